The molecule has 5 nitrogen and oxygen atoms in total. The predicted octanol–water partition coefficient (Wildman–Crippen LogP) is 2.90. The molecule has 0 heterocycles. The zero-order chi connectivity index (χ0) is 15.0. The minimum absolute atomic E-state index is 0.461. The zero-order valence-corrected chi connectivity index (χ0v) is 13.9. The van der Waals surface area contributed by atoms with Gasteiger partial charge in [0.1, 0.15) is 0 Å². The lowest BCUT2D eigenvalue weighted by atomic mass is 9.84. The summed E-state index contributed by atoms with van der Waals surface area (Å²) in [5.74, 6) is 0.461. The normalized spacial score (nSPS) is 22.4. The van der Waals surface area contributed by atoms with Gasteiger partial charge in [-0.3, -0.25) is 0 Å². The summed E-state index contributed by atoms with van der Waals surface area (Å²) in [4.78, 5) is 2.42. The van der Waals surface area contributed by atoms with Gasteiger partial charge in [0, 0.05) is 18.8 Å². The van der Waals surface area contributed by atoms with Gasteiger partial charge in [-0.05, 0) is 31.6 Å². The fourth-order valence-corrected chi connectivity index (χ4v) is 3.74. The summed E-state index contributed by atoms with van der Waals surface area (Å²) in [6.45, 7) is 6.79. The summed E-state index contributed by atoms with van der Waals surface area (Å²) in [5, 5.41) is 4.24. The number of rotatable bonds is 8. The zero-order valence-electron chi connectivity index (χ0n) is 13.1. The molecule has 0 aromatic carbocycles. The van der Waals surface area contributed by atoms with Crippen LogP contribution >= 0.6 is 0 Å². The van der Waals surface area contributed by atoms with Crippen molar-refractivity contribution in [2.75, 3.05) is 13.1 Å². The maximum Gasteiger partial charge on any atom is 0.316 e. The van der Waals surface area contributed by atoms with E-state index in [4.69, 9.17) is 0 Å². The molecule has 0 bridgehead atoms. The molecule has 1 atom stereocenters. The van der Waals surface area contributed by atoms with Crippen LogP contribution in [-0.4, -0.2) is 31.5 Å². The Morgan fingerprint density at radius 1 is 1.25 bits per heavy atom. The second kappa shape index (κ2) is 8.62. The van der Waals surface area contributed by atoms with Crippen molar-refractivity contribution < 1.29 is 8.42 Å². The maximum absolute atomic E-state index is 12.1. The summed E-state index contributed by atoms with van der Waals surface area (Å²) < 4.78 is 25.5. The van der Waals surface area contributed by atoms with Crippen molar-refractivity contribution in [3.8, 4) is 0 Å². The lowest BCUT2D eigenvalue weighted by Gasteiger charge is -2.24. The molecular weight excluding hydrogens is 274 g/mol. The van der Waals surface area contributed by atoms with Crippen LogP contribution in [0.2, 0.25) is 0 Å². The van der Waals surface area contributed by atoms with E-state index in [0.717, 1.165) is 31.4 Å². The summed E-state index contributed by atoms with van der Waals surface area (Å²) in [5.41, 5.74) is 1.04. The van der Waals surface area contributed by atoms with Gasteiger partial charge in [0.2, 0.25) is 0 Å². The van der Waals surface area contributed by atoms with Gasteiger partial charge in [0.25, 0.3) is 0 Å². The Morgan fingerprint density at radius 3 is 2.55 bits per heavy atom. The molecule has 1 aliphatic rings. The van der Waals surface area contributed by atoms with E-state index in [1.807, 2.05) is 13.8 Å². The minimum atomic E-state index is -3.47. The Hall–Kier alpha value is -0.620. The number of nitrogens with one attached hydrogen (secondary N) is 1. The Labute approximate surface area is 124 Å². The topological polar surface area (TPSA) is 61.8 Å². The molecule has 0 spiro atoms. The highest BCUT2D eigenvalue weighted by Gasteiger charge is 2.22. The van der Waals surface area contributed by atoms with E-state index in [0.29, 0.717) is 19.0 Å². The average Bonchev–Trinajstić information content (AvgIpc) is 2.45. The van der Waals surface area contributed by atoms with Gasteiger partial charge in [-0.1, -0.05) is 40.0 Å². The highest BCUT2D eigenvalue weighted by molar-refractivity contribution is 7.87. The summed E-state index contributed by atoms with van der Waals surface area (Å²) in [7, 11) is -3.47. The molecule has 20 heavy (non-hydrogen) atoms. The van der Waals surface area contributed by atoms with E-state index in [-0.39, 0.29) is 0 Å². The third kappa shape index (κ3) is 5.05. The first-order valence-electron chi connectivity index (χ1n) is 7.88. The molecule has 1 unspecified atom stereocenters. The van der Waals surface area contributed by atoms with Gasteiger partial charge in [0.15, 0.2) is 0 Å². The number of hydrazone groups is 1. The molecule has 0 amide bonds. The first-order valence-corrected chi connectivity index (χ1v) is 9.32. The Kier molecular flexibility index (Phi) is 7.51. The molecule has 118 valence electrons. The maximum atomic E-state index is 12.1. The molecular formula is C14H29N3O2S. The van der Waals surface area contributed by atoms with Crippen molar-refractivity contribution in [2.24, 2.45) is 11.0 Å². The highest BCUT2D eigenvalue weighted by Crippen LogP contribution is 2.26. The van der Waals surface area contributed by atoms with E-state index in [9.17, 15) is 8.42 Å². The number of nitrogens with zero attached hydrogens (tertiary/aromatic N) is 2. The van der Waals surface area contributed by atoms with Gasteiger partial charge < -0.3 is 0 Å². The molecule has 0 aromatic rings. The lowest BCUT2D eigenvalue weighted by molar-refractivity contribution is 0.434. The number of unbranched alkanes of at least 4 members (excludes halogenated alkanes) is 1. The molecule has 0 aromatic heterocycles. The van der Waals surface area contributed by atoms with Crippen LogP contribution in [0.15, 0.2) is 5.10 Å². The molecule has 0 radical (unpaired) electrons. The van der Waals surface area contributed by atoms with Gasteiger partial charge >= 0.3 is 10.2 Å². The van der Waals surface area contributed by atoms with Crippen molar-refractivity contribution in [1.82, 2.24) is 9.14 Å². The van der Waals surface area contributed by atoms with Crippen molar-refractivity contribution in [1.29, 1.82) is 0 Å². The molecule has 1 rings (SSSR count). The van der Waals surface area contributed by atoms with Crippen LogP contribution in [0.1, 0.15) is 65.7 Å². The Bertz CT molecular complexity index is 403. The monoisotopic (exact) mass is 303 g/mol. The van der Waals surface area contributed by atoms with Crippen molar-refractivity contribution in [3.05, 3.63) is 0 Å². The second-order valence-electron chi connectivity index (χ2n) is 5.37. The van der Waals surface area contributed by atoms with Crippen LogP contribution < -0.4 is 4.83 Å². The quantitative estimate of drug-likeness (QED) is 0.701. The van der Waals surface area contributed by atoms with Gasteiger partial charge in [-0.15, -0.1) is 0 Å². The van der Waals surface area contributed by atoms with Crippen LogP contribution in [-0.2, 0) is 10.2 Å². The second-order valence-corrected chi connectivity index (χ2v) is 7.02. The summed E-state index contributed by atoms with van der Waals surface area (Å²) in [6.07, 6.45) is 7.91. The SMILES string of the molecule is CCCCC1CCCC/C1=N/NS(=O)(=O)N(CC)CC. The average molecular weight is 303 g/mol. The molecule has 0 aliphatic heterocycles. The molecule has 1 aliphatic carbocycles. The molecule has 0 saturated heterocycles. The van der Waals surface area contributed by atoms with E-state index < -0.39 is 10.2 Å². The van der Waals surface area contributed by atoms with Gasteiger partial charge in [-0.25, -0.2) is 0 Å². The molecule has 6 heteroatoms. The van der Waals surface area contributed by atoms with E-state index >= 15 is 0 Å². The Morgan fingerprint density at radius 2 is 1.95 bits per heavy atom. The van der Waals surface area contributed by atoms with Crippen LogP contribution in [0.25, 0.3) is 0 Å². The standard InChI is InChI=1S/C14H29N3O2S/c1-4-7-10-13-11-8-9-12-14(13)15-16-20(18,19)17(5-2)6-3/h13,16H,4-12H2,1-3H3/b15-14-. The molecule has 1 fully saturated rings. The number of hydrogen-bond donors (Lipinski definition) is 1. The predicted molar refractivity (Wildman–Crippen MR) is 83.9 cm³/mol. The fraction of sp³-hybridized carbons (Fsp3) is 0.929. The third-order valence-corrected chi connectivity index (χ3v) is 5.48. The third-order valence-electron chi connectivity index (χ3n) is 3.96. The smallest absolute Gasteiger partial charge is 0.191 e. The van der Waals surface area contributed by atoms with Gasteiger partial charge in [0.05, 0.1) is 0 Å². The summed E-state index contributed by atoms with van der Waals surface area (Å²) >= 11 is 0. The van der Waals surface area contributed by atoms with Crippen LogP contribution in [0, 0.1) is 5.92 Å². The lowest BCUT2D eigenvalue weighted by Crippen LogP contribution is -2.39. The van der Waals surface area contributed by atoms with E-state index in [1.165, 1.54) is 23.6 Å². The van der Waals surface area contributed by atoms with Crippen LogP contribution in [0.5, 0.6) is 0 Å². The molecule has 1 saturated carbocycles. The van der Waals surface area contributed by atoms with Crippen molar-refractivity contribution >= 4 is 15.9 Å². The van der Waals surface area contributed by atoms with Crippen molar-refractivity contribution in [2.45, 2.75) is 65.7 Å². The van der Waals surface area contributed by atoms with Crippen LogP contribution in [0.4, 0.5) is 0 Å². The first-order chi connectivity index (χ1) is 9.55. The van der Waals surface area contributed by atoms with Crippen molar-refractivity contribution in [3.63, 3.8) is 0 Å². The summed E-state index contributed by atoms with van der Waals surface area (Å²) in [6, 6.07) is 0. The highest BCUT2D eigenvalue weighted by atomic mass is 32.2. The Balaban J connectivity index is 2.70. The largest absolute Gasteiger partial charge is 0.316 e. The van der Waals surface area contributed by atoms with Crippen LogP contribution in [0.3, 0.4) is 0 Å². The van der Waals surface area contributed by atoms with E-state index in [1.54, 1.807) is 0 Å². The van der Waals surface area contributed by atoms with E-state index in [2.05, 4.69) is 16.9 Å². The first kappa shape index (κ1) is 17.4. The fourth-order valence-electron chi connectivity index (χ4n) is 2.71. The molecule has 1 N–H and O–H groups in total. The number of hydrogen-bond acceptors (Lipinski definition) is 3. The van der Waals surface area contributed by atoms with Gasteiger partial charge in [-0.2, -0.15) is 22.7 Å². The minimum Gasteiger partial charge on any atom is -0.191 e.